The minimum atomic E-state index is 0.300. The Morgan fingerprint density at radius 1 is 1.39 bits per heavy atom. The summed E-state index contributed by atoms with van der Waals surface area (Å²) >= 11 is 6.85. The predicted molar refractivity (Wildman–Crippen MR) is 77.0 cm³/mol. The summed E-state index contributed by atoms with van der Waals surface area (Å²) in [5.41, 5.74) is 7.68. The van der Waals surface area contributed by atoms with E-state index >= 15 is 0 Å². The van der Waals surface area contributed by atoms with Gasteiger partial charge in [-0.15, -0.1) is 11.3 Å². The van der Waals surface area contributed by atoms with Crippen molar-refractivity contribution in [3.05, 3.63) is 40.0 Å². The number of aromatic nitrogens is 2. The molecule has 0 atom stereocenters. The third-order valence-corrected chi connectivity index (χ3v) is 4.24. The number of hydrogen-bond acceptors (Lipinski definition) is 5. The topological polar surface area (TPSA) is 55.0 Å². The fraction of sp³-hybridized carbons (Fsp3) is 0.250. The van der Waals surface area contributed by atoms with Crippen molar-refractivity contribution < 1.29 is 0 Å². The molecule has 0 spiro atoms. The number of anilines is 1. The Kier molecular flexibility index (Phi) is 2.97. The molecule has 0 radical (unpaired) electrons. The average Bonchev–Trinajstić information content (AvgIpc) is 2.85. The van der Waals surface area contributed by atoms with Crippen molar-refractivity contribution >= 4 is 34.4 Å². The van der Waals surface area contributed by atoms with E-state index in [-0.39, 0.29) is 0 Å². The first-order chi connectivity index (χ1) is 8.75. The van der Waals surface area contributed by atoms with Gasteiger partial charge in [-0.25, -0.2) is 9.97 Å². The highest BCUT2D eigenvalue weighted by molar-refractivity contribution is 7.80. The SMILES string of the molecule is NC(=S)c1nccnc1N1CCc2sccc2C1. The third-order valence-electron chi connectivity index (χ3n) is 3.02. The van der Waals surface area contributed by atoms with Crippen LogP contribution in [0.3, 0.4) is 0 Å². The van der Waals surface area contributed by atoms with Crippen LogP contribution in [0.15, 0.2) is 23.8 Å². The quantitative estimate of drug-likeness (QED) is 0.847. The Morgan fingerprint density at radius 2 is 2.22 bits per heavy atom. The lowest BCUT2D eigenvalue weighted by Gasteiger charge is -2.28. The van der Waals surface area contributed by atoms with Crippen LogP contribution in [0.5, 0.6) is 0 Å². The first-order valence-corrected chi connectivity index (χ1v) is 6.95. The number of thiocarbonyl (C=S) groups is 1. The molecule has 2 aromatic rings. The van der Waals surface area contributed by atoms with Crippen LogP contribution in [-0.2, 0) is 13.0 Å². The monoisotopic (exact) mass is 276 g/mol. The van der Waals surface area contributed by atoms with Crippen molar-refractivity contribution in [1.82, 2.24) is 9.97 Å². The molecule has 92 valence electrons. The van der Waals surface area contributed by atoms with E-state index in [0.717, 1.165) is 25.3 Å². The van der Waals surface area contributed by atoms with E-state index in [0.29, 0.717) is 10.7 Å². The summed E-state index contributed by atoms with van der Waals surface area (Å²) in [4.78, 5) is 12.6. The van der Waals surface area contributed by atoms with Crippen LogP contribution in [0.2, 0.25) is 0 Å². The Balaban J connectivity index is 1.95. The lowest BCUT2D eigenvalue weighted by Crippen LogP contribution is -2.32. The van der Waals surface area contributed by atoms with Gasteiger partial charge in [-0.05, 0) is 23.4 Å². The molecule has 3 heterocycles. The zero-order valence-electron chi connectivity index (χ0n) is 9.67. The van der Waals surface area contributed by atoms with E-state index in [9.17, 15) is 0 Å². The molecule has 1 aliphatic heterocycles. The molecule has 6 heteroatoms. The Morgan fingerprint density at radius 3 is 3.06 bits per heavy atom. The van der Waals surface area contributed by atoms with Gasteiger partial charge in [-0.1, -0.05) is 12.2 Å². The van der Waals surface area contributed by atoms with E-state index in [1.54, 1.807) is 12.4 Å². The predicted octanol–water partition coefficient (Wildman–Crippen LogP) is 1.73. The second-order valence-electron chi connectivity index (χ2n) is 4.13. The molecule has 0 saturated heterocycles. The van der Waals surface area contributed by atoms with Crippen molar-refractivity contribution in [2.45, 2.75) is 13.0 Å². The maximum atomic E-state index is 5.70. The molecule has 0 fully saturated rings. The minimum Gasteiger partial charge on any atom is -0.388 e. The van der Waals surface area contributed by atoms with Crippen molar-refractivity contribution in [2.24, 2.45) is 5.73 Å². The Bertz CT molecular complexity index is 593. The van der Waals surface area contributed by atoms with Crippen molar-refractivity contribution in [2.75, 3.05) is 11.4 Å². The standard InChI is InChI=1S/C12H12N4S2/c13-11(17)10-12(15-4-3-14-10)16-5-1-9-8(7-16)2-6-18-9/h2-4,6H,1,5,7H2,(H2,13,17). The van der Waals surface area contributed by atoms with Gasteiger partial charge in [0.1, 0.15) is 10.7 Å². The summed E-state index contributed by atoms with van der Waals surface area (Å²) in [6.07, 6.45) is 4.35. The largest absolute Gasteiger partial charge is 0.388 e. The van der Waals surface area contributed by atoms with Gasteiger partial charge in [0.15, 0.2) is 5.82 Å². The zero-order chi connectivity index (χ0) is 12.5. The van der Waals surface area contributed by atoms with Crippen molar-refractivity contribution in [1.29, 1.82) is 0 Å². The van der Waals surface area contributed by atoms with E-state index in [1.807, 2.05) is 11.3 Å². The molecule has 2 N–H and O–H groups in total. The van der Waals surface area contributed by atoms with Gasteiger partial charge < -0.3 is 10.6 Å². The molecule has 0 aliphatic carbocycles. The third kappa shape index (κ3) is 1.97. The highest BCUT2D eigenvalue weighted by Gasteiger charge is 2.21. The molecule has 3 rings (SSSR count). The molecule has 2 aromatic heterocycles. The van der Waals surface area contributed by atoms with Gasteiger partial charge in [0.05, 0.1) is 0 Å². The maximum Gasteiger partial charge on any atom is 0.157 e. The van der Waals surface area contributed by atoms with Crippen molar-refractivity contribution in [3.8, 4) is 0 Å². The first kappa shape index (κ1) is 11.6. The molecular formula is C12H12N4S2. The van der Waals surface area contributed by atoms with E-state index in [2.05, 4.69) is 26.3 Å². The molecule has 0 amide bonds. The lowest BCUT2D eigenvalue weighted by molar-refractivity contribution is 0.728. The summed E-state index contributed by atoms with van der Waals surface area (Å²) in [7, 11) is 0. The molecule has 0 saturated carbocycles. The zero-order valence-corrected chi connectivity index (χ0v) is 11.3. The second-order valence-corrected chi connectivity index (χ2v) is 5.57. The average molecular weight is 276 g/mol. The number of nitrogens with zero attached hydrogens (tertiary/aromatic N) is 3. The number of nitrogens with two attached hydrogens (primary N) is 1. The smallest absolute Gasteiger partial charge is 0.157 e. The highest BCUT2D eigenvalue weighted by Crippen LogP contribution is 2.27. The van der Waals surface area contributed by atoms with Crippen LogP contribution < -0.4 is 10.6 Å². The van der Waals surface area contributed by atoms with Crippen LogP contribution in [0.25, 0.3) is 0 Å². The summed E-state index contributed by atoms with van der Waals surface area (Å²) in [6, 6.07) is 2.17. The number of thiophene rings is 1. The Labute approximate surface area is 114 Å². The summed E-state index contributed by atoms with van der Waals surface area (Å²) < 4.78 is 0. The lowest BCUT2D eigenvalue weighted by atomic mass is 10.1. The molecule has 0 aromatic carbocycles. The molecular weight excluding hydrogens is 264 g/mol. The van der Waals surface area contributed by atoms with Crippen LogP contribution in [0, 0.1) is 0 Å². The van der Waals surface area contributed by atoms with Gasteiger partial charge in [-0.2, -0.15) is 0 Å². The van der Waals surface area contributed by atoms with Crippen LogP contribution in [0.4, 0.5) is 5.82 Å². The van der Waals surface area contributed by atoms with E-state index in [4.69, 9.17) is 18.0 Å². The van der Waals surface area contributed by atoms with Gasteiger partial charge in [0, 0.05) is 30.4 Å². The molecule has 0 bridgehead atoms. The second kappa shape index (κ2) is 4.62. The fourth-order valence-corrected chi connectivity index (χ4v) is 3.20. The normalized spacial score (nSPS) is 14.3. The highest BCUT2D eigenvalue weighted by atomic mass is 32.1. The van der Waals surface area contributed by atoms with Gasteiger partial charge in [-0.3, -0.25) is 0 Å². The maximum absolute atomic E-state index is 5.70. The molecule has 1 aliphatic rings. The van der Waals surface area contributed by atoms with Crippen LogP contribution >= 0.6 is 23.6 Å². The van der Waals surface area contributed by atoms with Gasteiger partial charge in [0.2, 0.25) is 0 Å². The van der Waals surface area contributed by atoms with Crippen molar-refractivity contribution in [3.63, 3.8) is 0 Å². The number of fused-ring (bicyclic) bond motifs is 1. The first-order valence-electron chi connectivity index (χ1n) is 5.66. The summed E-state index contributed by atoms with van der Waals surface area (Å²) in [5.74, 6) is 0.793. The number of hydrogen-bond donors (Lipinski definition) is 1. The van der Waals surface area contributed by atoms with Crippen LogP contribution in [-0.4, -0.2) is 21.5 Å². The molecule has 18 heavy (non-hydrogen) atoms. The van der Waals surface area contributed by atoms with E-state index in [1.165, 1.54) is 10.4 Å². The molecule has 0 unspecified atom stereocenters. The van der Waals surface area contributed by atoms with Gasteiger partial charge >= 0.3 is 0 Å². The number of rotatable bonds is 2. The summed E-state index contributed by atoms with van der Waals surface area (Å²) in [6.45, 7) is 1.79. The Hall–Kier alpha value is -1.53. The van der Waals surface area contributed by atoms with Crippen LogP contribution in [0.1, 0.15) is 16.1 Å². The molecule has 4 nitrogen and oxygen atoms in total. The fourth-order valence-electron chi connectivity index (χ4n) is 2.17. The van der Waals surface area contributed by atoms with E-state index < -0.39 is 0 Å². The minimum absolute atomic E-state index is 0.300. The van der Waals surface area contributed by atoms with Gasteiger partial charge in [0.25, 0.3) is 0 Å². The summed E-state index contributed by atoms with van der Waals surface area (Å²) in [5, 5.41) is 2.14.